The predicted octanol–water partition coefficient (Wildman–Crippen LogP) is 7.04. The second-order valence-electron chi connectivity index (χ2n) is 8.04. The Morgan fingerprint density at radius 3 is 2.03 bits per heavy atom. The van der Waals surface area contributed by atoms with Crippen molar-refractivity contribution in [3.63, 3.8) is 0 Å². The summed E-state index contributed by atoms with van der Waals surface area (Å²) in [5.74, 6) is 1.12. The third kappa shape index (κ3) is 9.75. The van der Waals surface area contributed by atoms with Gasteiger partial charge in [0.1, 0.15) is 0 Å². The van der Waals surface area contributed by atoms with Gasteiger partial charge in [-0.1, -0.05) is 106 Å². The summed E-state index contributed by atoms with van der Waals surface area (Å²) >= 11 is 2.01. The summed E-state index contributed by atoms with van der Waals surface area (Å²) in [5, 5.41) is 0.316. The van der Waals surface area contributed by atoms with Gasteiger partial charge in [-0.25, -0.2) is 0 Å². The van der Waals surface area contributed by atoms with Crippen molar-refractivity contribution in [1.82, 2.24) is 9.80 Å². The van der Waals surface area contributed by atoms with Gasteiger partial charge in [-0.05, 0) is 36.1 Å². The zero-order valence-corrected chi connectivity index (χ0v) is 21.5. The summed E-state index contributed by atoms with van der Waals surface area (Å²) in [6.45, 7) is 19.0. The second-order valence-corrected chi connectivity index (χ2v) is 9.25. The molecule has 1 aliphatic rings. The molecule has 1 unspecified atom stereocenters. The molecular formula is C30H42N2S. The van der Waals surface area contributed by atoms with Crippen LogP contribution in [0.4, 0.5) is 0 Å². The fourth-order valence-corrected chi connectivity index (χ4v) is 5.42. The molecule has 2 aromatic carbocycles. The molecule has 1 aliphatic heterocycles. The minimum absolute atomic E-state index is 0.316. The molecule has 0 spiro atoms. The van der Waals surface area contributed by atoms with E-state index in [0.29, 0.717) is 5.25 Å². The van der Waals surface area contributed by atoms with E-state index in [1.807, 2.05) is 37.8 Å². The van der Waals surface area contributed by atoms with Gasteiger partial charge in [0, 0.05) is 38.5 Å². The Morgan fingerprint density at radius 1 is 0.879 bits per heavy atom. The first-order valence-corrected chi connectivity index (χ1v) is 13.4. The maximum absolute atomic E-state index is 4.03. The number of hydrogen-bond donors (Lipinski definition) is 0. The van der Waals surface area contributed by atoms with E-state index in [2.05, 4.69) is 89.7 Å². The molecule has 1 heterocycles. The Bertz CT molecular complexity index is 808. The average Bonchev–Trinajstić information content (AvgIpc) is 2.89. The molecule has 0 aromatic heterocycles. The molecule has 0 radical (unpaired) electrons. The fraction of sp³-hybridized carbons (Fsp3) is 0.400. The van der Waals surface area contributed by atoms with Crippen LogP contribution >= 0.6 is 11.8 Å². The van der Waals surface area contributed by atoms with E-state index in [9.17, 15) is 0 Å². The molecule has 0 aliphatic carbocycles. The van der Waals surface area contributed by atoms with Crippen LogP contribution in [0.25, 0.3) is 0 Å². The van der Waals surface area contributed by atoms with Gasteiger partial charge in [0.2, 0.25) is 0 Å². The molecular weight excluding hydrogens is 420 g/mol. The molecule has 178 valence electrons. The Hall–Kier alpha value is -2.07. The van der Waals surface area contributed by atoms with E-state index in [-0.39, 0.29) is 0 Å². The molecule has 2 aromatic rings. The Labute approximate surface area is 207 Å². The third-order valence-electron chi connectivity index (χ3n) is 5.89. The number of benzene rings is 2. The molecule has 0 N–H and O–H groups in total. The molecule has 2 nitrogen and oxygen atoms in total. The lowest BCUT2D eigenvalue weighted by atomic mass is 10.0. The van der Waals surface area contributed by atoms with Crippen LogP contribution in [0.3, 0.4) is 0 Å². The van der Waals surface area contributed by atoms with Gasteiger partial charge in [-0.15, -0.1) is 11.8 Å². The van der Waals surface area contributed by atoms with E-state index in [1.54, 1.807) is 0 Å². The minimum atomic E-state index is 0.316. The van der Waals surface area contributed by atoms with Crippen molar-refractivity contribution in [1.29, 1.82) is 0 Å². The number of aryl methyl sites for hydroxylation is 1. The van der Waals surface area contributed by atoms with Crippen LogP contribution < -0.4 is 0 Å². The van der Waals surface area contributed by atoms with Crippen LogP contribution in [-0.4, -0.2) is 54.8 Å². The number of thioether (sulfide) groups is 1. The van der Waals surface area contributed by atoms with Gasteiger partial charge in [0.25, 0.3) is 0 Å². The van der Waals surface area contributed by atoms with Crippen LogP contribution in [0.5, 0.6) is 0 Å². The Balaban J connectivity index is 0.00000187. The zero-order chi connectivity index (χ0) is 23.7. The summed E-state index contributed by atoms with van der Waals surface area (Å²) in [5.41, 5.74) is 4.02. The van der Waals surface area contributed by atoms with Crippen molar-refractivity contribution in [3.05, 3.63) is 109 Å². The lowest BCUT2D eigenvalue weighted by Crippen LogP contribution is -2.47. The quantitative estimate of drug-likeness (QED) is 0.312. The average molecular weight is 463 g/mol. The van der Waals surface area contributed by atoms with E-state index in [0.717, 1.165) is 12.3 Å². The molecule has 0 saturated carbocycles. The molecule has 3 rings (SSSR count). The summed E-state index contributed by atoms with van der Waals surface area (Å²) in [7, 11) is 0. The topological polar surface area (TPSA) is 6.48 Å². The van der Waals surface area contributed by atoms with Crippen molar-refractivity contribution in [3.8, 4) is 0 Å². The minimum Gasteiger partial charge on any atom is -0.301 e. The number of piperazine rings is 1. The van der Waals surface area contributed by atoms with Crippen molar-refractivity contribution in [2.45, 2.75) is 31.9 Å². The van der Waals surface area contributed by atoms with Crippen LogP contribution in [0, 0.1) is 0 Å². The molecule has 1 fully saturated rings. The van der Waals surface area contributed by atoms with Gasteiger partial charge in [-0.2, -0.15) is 0 Å². The van der Waals surface area contributed by atoms with Crippen LogP contribution in [0.15, 0.2) is 97.6 Å². The highest BCUT2D eigenvalue weighted by molar-refractivity contribution is 7.99. The van der Waals surface area contributed by atoms with Crippen LogP contribution in [0.1, 0.15) is 36.6 Å². The molecule has 0 bridgehead atoms. The van der Waals surface area contributed by atoms with Crippen molar-refractivity contribution >= 4 is 11.8 Å². The lowest BCUT2D eigenvalue weighted by Gasteiger charge is -2.35. The highest BCUT2D eigenvalue weighted by Gasteiger charge is 2.18. The van der Waals surface area contributed by atoms with Crippen molar-refractivity contribution in [2.24, 2.45) is 0 Å². The lowest BCUT2D eigenvalue weighted by molar-refractivity contribution is 0.137. The summed E-state index contributed by atoms with van der Waals surface area (Å²) in [6.07, 6.45) is 8.36. The second kappa shape index (κ2) is 16.5. The highest BCUT2D eigenvalue weighted by atomic mass is 32.2. The molecule has 3 heteroatoms. The monoisotopic (exact) mass is 462 g/mol. The molecule has 1 atom stereocenters. The maximum Gasteiger partial charge on any atom is 0.0546 e. The normalized spacial score (nSPS) is 15.9. The largest absolute Gasteiger partial charge is 0.301 e. The Kier molecular flexibility index (Phi) is 13.6. The van der Waals surface area contributed by atoms with Crippen LogP contribution in [-0.2, 0) is 6.42 Å². The van der Waals surface area contributed by atoms with Crippen molar-refractivity contribution < 1.29 is 0 Å². The maximum atomic E-state index is 4.03. The number of allylic oxidation sites excluding steroid dienone is 3. The fourth-order valence-electron chi connectivity index (χ4n) is 4.10. The summed E-state index contributed by atoms with van der Waals surface area (Å²) in [4.78, 5) is 5.25. The predicted molar refractivity (Wildman–Crippen MR) is 149 cm³/mol. The van der Waals surface area contributed by atoms with Crippen molar-refractivity contribution in [2.75, 3.05) is 45.0 Å². The highest BCUT2D eigenvalue weighted by Crippen LogP contribution is 2.36. The summed E-state index contributed by atoms with van der Waals surface area (Å²) in [6, 6.07) is 21.6. The summed E-state index contributed by atoms with van der Waals surface area (Å²) < 4.78 is 0. The zero-order valence-electron chi connectivity index (χ0n) is 20.7. The van der Waals surface area contributed by atoms with Gasteiger partial charge >= 0.3 is 0 Å². The van der Waals surface area contributed by atoms with E-state index in [4.69, 9.17) is 0 Å². The van der Waals surface area contributed by atoms with E-state index >= 15 is 0 Å². The first kappa shape index (κ1) is 27.2. The van der Waals surface area contributed by atoms with Gasteiger partial charge in [0.05, 0.1) is 5.25 Å². The molecule has 0 amide bonds. The van der Waals surface area contributed by atoms with Gasteiger partial charge < -0.3 is 4.90 Å². The van der Waals surface area contributed by atoms with Gasteiger partial charge in [0.15, 0.2) is 0 Å². The third-order valence-corrected chi connectivity index (χ3v) is 7.19. The van der Waals surface area contributed by atoms with Gasteiger partial charge in [-0.3, -0.25) is 4.90 Å². The number of hydrogen-bond acceptors (Lipinski definition) is 3. The van der Waals surface area contributed by atoms with E-state index in [1.165, 1.54) is 62.3 Å². The smallest absolute Gasteiger partial charge is 0.0546 e. The molecule has 1 saturated heterocycles. The van der Waals surface area contributed by atoms with E-state index < -0.39 is 0 Å². The first-order valence-electron chi connectivity index (χ1n) is 12.4. The standard InChI is InChI=1S/C28H36N2S.C2H6/c1-3-12-26(4-2)28(27-16-9-6-10-17-27)31-24-23-30-21-19-29(20-22-30)18-11-15-25-13-7-5-8-14-25;1-2/h3-10,12-14,16-17,28H,1-2,11,15,18-24H2;1-2H3/b26-12+;. The first-order chi connectivity index (χ1) is 16.3. The number of nitrogens with zero attached hydrogens (tertiary/aromatic N) is 2. The van der Waals surface area contributed by atoms with Crippen LogP contribution in [0.2, 0.25) is 0 Å². The Morgan fingerprint density at radius 2 is 1.45 bits per heavy atom. The molecule has 33 heavy (non-hydrogen) atoms. The SMILES string of the molecule is C=C/C=C(\C=C)C(SCCN1CCN(CCCc2ccccc2)CC1)c1ccccc1.CC. The number of rotatable bonds is 12.